The molecule has 0 saturated heterocycles. The number of aryl methyl sites for hydroxylation is 1. The molecule has 6 heteroatoms. The fraction of sp³-hybridized carbons (Fsp3) is 0.368. The number of aliphatic hydroxyl groups excluding tert-OH is 1. The topological polar surface area (TPSA) is 83.5 Å². The molecule has 6 nitrogen and oxygen atoms in total. The highest BCUT2D eigenvalue weighted by Gasteiger charge is 2.44. The van der Waals surface area contributed by atoms with Gasteiger partial charge in [-0.3, -0.25) is 0 Å². The largest absolute Gasteiger partial charge is 0.481 e. The molecule has 1 saturated carbocycles. The van der Waals surface area contributed by atoms with Crippen molar-refractivity contribution < 1.29 is 14.6 Å². The van der Waals surface area contributed by atoms with Crippen LogP contribution in [0.4, 0.5) is 10.5 Å². The number of amides is 2. The molecule has 0 bridgehead atoms. The van der Waals surface area contributed by atoms with E-state index in [0.29, 0.717) is 36.6 Å². The maximum atomic E-state index is 12.3. The summed E-state index contributed by atoms with van der Waals surface area (Å²) in [5.74, 6) is 0.509. The highest BCUT2D eigenvalue weighted by molar-refractivity contribution is 5.89. The van der Waals surface area contributed by atoms with Crippen molar-refractivity contribution in [1.29, 1.82) is 0 Å². The minimum Gasteiger partial charge on any atom is -0.481 e. The molecule has 132 valence electrons. The molecule has 1 aromatic heterocycles. The number of urea groups is 1. The molecule has 2 amide bonds. The first kappa shape index (κ1) is 17.2. The number of hydrogen-bond acceptors (Lipinski definition) is 4. The summed E-state index contributed by atoms with van der Waals surface area (Å²) in [4.78, 5) is 16.5. The van der Waals surface area contributed by atoms with E-state index >= 15 is 0 Å². The zero-order valence-electron chi connectivity index (χ0n) is 14.5. The molecule has 0 atom stereocenters. The number of benzene rings is 1. The van der Waals surface area contributed by atoms with Crippen molar-refractivity contribution in [2.24, 2.45) is 0 Å². The van der Waals surface area contributed by atoms with Crippen LogP contribution < -0.4 is 15.4 Å². The van der Waals surface area contributed by atoms with E-state index in [9.17, 15) is 9.90 Å². The fourth-order valence-electron chi connectivity index (χ4n) is 3.32. The standard InChI is InChI=1S/C19H23N3O3/c1-13-16(8-9-17(21-13)25-2)22-18(24)20-12-19(10-15(23)11-19)14-6-4-3-5-7-14/h3-9,15,23H,10-12H2,1-2H3,(H2,20,22,24). The summed E-state index contributed by atoms with van der Waals surface area (Å²) >= 11 is 0. The van der Waals surface area contributed by atoms with E-state index in [-0.39, 0.29) is 17.6 Å². The number of nitrogens with zero attached hydrogens (tertiary/aromatic N) is 1. The van der Waals surface area contributed by atoms with E-state index in [0.717, 1.165) is 5.56 Å². The van der Waals surface area contributed by atoms with E-state index in [1.807, 2.05) is 37.3 Å². The monoisotopic (exact) mass is 341 g/mol. The molecule has 0 spiro atoms. The molecule has 3 rings (SSSR count). The fourth-order valence-corrected chi connectivity index (χ4v) is 3.32. The maximum absolute atomic E-state index is 12.3. The summed E-state index contributed by atoms with van der Waals surface area (Å²) in [6.45, 7) is 2.29. The molecule has 3 N–H and O–H groups in total. The highest BCUT2D eigenvalue weighted by Crippen LogP contribution is 2.43. The molecule has 2 aromatic rings. The number of anilines is 1. The Hall–Kier alpha value is -2.60. The maximum Gasteiger partial charge on any atom is 0.319 e. The Morgan fingerprint density at radius 2 is 2.00 bits per heavy atom. The lowest BCUT2D eigenvalue weighted by Gasteiger charge is -2.46. The van der Waals surface area contributed by atoms with Crippen molar-refractivity contribution in [1.82, 2.24) is 10.3 Å². The number of rotatable bonds is 5. The molecule has 1 aliphatic carbocycles. The number of carbonyl (C=O) groups is 1. The number of nitrogens with one attached hydrogen (secondary N) is 2. The predicted octanol–water partition coefficient (Wildman–Crippen LogP) is 2.61. The van der Waals surface area contributed by atoms with Gasteiger partial charge in [-0.05, 0) is 31.4 Å². The third kappa shape index (κ3) is 3.74. The van der Waals surface area contributed by atoms with Crippen molar-refractivity contribution in [3.63, 3.8) is 0 Å². The van der Waals surface area contributed by atoms with Gasteiger partial charge in [-0.2, -0.15) is 0 Å². The van der Waals surface area contributed by atoms with E-state index in [4.69, 9.17) is 4.74 Å². The summed E-state index contributed by atoms with van der Waals surface area (Å²) in [6.07, 6.45) is 0.999. The van der Waals surface area contributed by atoms with Crippen LogP contribution in [-0.4, -0.2) is 35.9 Å². The third-order valence-corrected chi connectivity index (χ3v) is 4.74. The second kappa shape index (κ2) is 7.11. The van der Waals surface area contributed by atoms with Crippen molar-refractivity contribution in [3.8, 4) is 5.88 Å². The molecule has 0 unspecified atom stereocenters. The number of methoxy groups -OCH3 is 1. The van der Waals surface area contributed by atoms with Crippen molar-refractivity contribution in [2.75, 3.05) is 19.0 Å². The summed E-state index contributed by atoms with van der Waals surface area (Å²) < 4.78 is 5.07. The first-order valence-electron chi connectivity index (χ1n) is 8.32. The molecule has 0 radical (unpaired) electrons. The zero-order valence-corrected chi connectivity index (χ0v) is 14.5. The van der Waals surface area contributed by atoms with Crippen LogP contribution in [0.2, 0.25) is 0 Å². The van der Waals surface area contributed by atoms with Crippen LogP contribution in [0.15, 0.2) is 42.5 Å². The van der Waals surface area contributed by atoms with Crippen LogP contribution in [0.25, 0.3) is 0 Å². The van der Waals surface area contributed by atoms with Gasteiger partial charge in [-0.25, -0.2) is 9.78 Å². The average molecular weight is 341 g/mol. The first-order chi connectivity index (χ1) is 12.0. The predicted molar refractivity (Wildman–Crippen MR) is 95.9 cm³/mol. The minimum absolute atomic E-state index is 0.203. The molecular weight excluding hydrogens is 318 g/mol. The van der Waals surface area contributed by atoms with Crippen LogP contribution in [0.5, 0.6) is 5.88 Å². The molecule has 1 aromatic carbocycles. The Morgan fingerprint density at radius 3 is 2.60 bits per heavy atom. The number of aliphatic hydroxyl groups is 1. The number of carbonyl (C=O) groups excluding carboxylic acids is 1. The van der Waals surface area contributed by atoms with Gasteiger partial charge in [0.1, 0.15) is 0 Å². The van der Waals surface area contributed by atoms with Crippen LogP contribution in [0.3, 0.4) is 0 Å². The van der Waals surface area contributed by atoms with Gasteiger partial charge in [0, 0.05) is 18.0 Å². The van der Waals surface area contributed by atoms with Crippen LogP contribution >= 0.6 is 0 Å². The number of hydrogen-bond donors (Lipinski definition) is 3. The van der Waals surface area contributed by atoms with E-state index in [1.165, 1.54) is 0 Å². The Morgan fingerprint density at radius 1 is 1.28 bits per heavy atom. The van der Waals surface area contributed by atoms with E-state index in [2.05, 4.69) is 15.6 Å². The van der Waals surface area contributed by atoms with Crippen molar-refractivity contribution in [3.05, 3.63) is 53.7 Å². The lowest BCUT2D eigenvalue weighted by Crippen LogP contribution is -2.52. The van der Waals surface area contributed by atoms with Gasteiger partial charge in [0.15, 0.2) is 0 Å². The number of pyridine rings is 1. The average Bonchev–Trinajstić information content (AvgIpc) is 2.60. The van der Waals surface area contributed by atoms with Crippen LogP contribution in [0, 0.1) is 6.92 Å². The van der Waals surface area contributed by atoms with Gasteiger partial charge >= 0.3 is 6.03 Å². The third-order valence-electron chi connectivity index (χ3n) is 4.74. The lowest BCUT2D eigenvalue weighted by atomic mass is 9.62. The minimum atomic E-state index is -0.307. The second-order valence-corrected chi connectivity index (χ2v) is 6.50. The molecular formula is C19H23N3O3. The van der Waals surface area contributed by atoms with Crippen molar-refractivity contribution in [2.45, 2.75) is 31.3 Å². The van der Waals surface area contributed by atoms with Crippen molar-refractivity contribution >= 4 is 11.7 Å². The molecule has 1 aliphatic rings. The Kier molecular flexibility index (Phi) is 4.90. The number of aromatic nitrogens is 1. The Labute approximate surface area is 147 Å². The van der Waals surface area contributed by atoms with Gasteiger partial charge in [0.25, 0.3) is 0 Å². The summed E-state index contributed by atoms with van der Waals surface area (Å²) in [6, 6.07) is 13.2. The number of ether oxygens (including phenoxy) is 1. The smallest absolute Gasteiger partial charge is 0.319 e. The summed E-state index contributed by atoms with van der Waals surface area (Å²) in [5, 5.41) is 15.5. The van der Waals surface area contributed by atoms with E-state index in [1.54, 1.807) is 19.2 Å². The Balaban J connectivity index is 1.63. The molecule has 1 heterocycles. The second-order valence-electron chi connectivity index (χ2n) is 6.50. The van der Waals surface area contributed by atoms with Gasteiger partial charge in [0.2, 0.25) is 5.88 Å². The van der Waals surface area contributed by atoms with Crippen LogP contribution in [0.1, 0.15) is 24.1 Å². The van der Waals surface area contributed by atoms with Gasteiger partial charge < -0.3 is 20.5 Å². The van der Waals surface area contributed by atoms with Crippen LogP contribution in [-0.2, 0) is 5.41 Å². The zero-order chi connectivity index (χ0) is 17.9. The van der Waals surface area contributed by atoms with Gasteiger partial charge in [0.05, 0.1) is 24.6 Å². The Bertz CT molecular complexity index is 743. The molecule has 25 heavy (non-hydrogen) atoms. The highest BCUT2D eigenvalue weighted by atomic mass is 16.5. The first-order valence-corrected chi connectivity index (χ1v) is 8.32. The molecule has 1 fully saturated rings. The summed E-state index contributed by atoms with van der Waals surface area (Å²) in [5.41, 5.74) is 2.26. The van der Waals surface area contributed by atoms with E-state index < -0.39 is 0 Å². The lowest BCUT2D eigenvalue weighted by molar-refractivity contribution is 0.0193. The normalized spacial score (nSPS) is 22.0. The SMILES string of the molecule is COc1ccc(NC(=O)NCC2(c3ccccc3)CC(O)C2)c(C)n1. The van der Waals surface area contributed by atoms with Gasteiger partial charge in [-0.15, -0.1) is 0 Å². The molecule has 0 aliphatic heterocycles. The summed E-state index contributed by atoms with van der Waals surface area (Å²) in [7, 11) is 1.55. The quantitative estimate of drug-likeness (QED) is 0.781. The van der Waals surface area contributed by atoms with Gasteiger partial charge in [-0.1, -0.05) is 30.3 Å².